The maximum absolute atomic E-state index is 3.87. The van der Waals surface area contributed by atoms with Gasteiger partial charge in [0.05, 0.1) is 0 Å². The Balaban J connectivity index is 1.55. The highest BCUT2D eigenvalue weighted by atomic mass is 15.1. The Labute approximate surface area is 132 Å². The normalized spacial score (nSPS) is 36.0. The predicted octanol–water partition coefficient (Wildman–Crippen LogP) is 4.06. The molecule has 3 fully saturated rings. The van der Waals surface area contributed by atoms with Crippen LogP contribution in [0.3, 0.4) is 0 Å². The number of piperidine rings is 1. The molecule has 21 heavy (non-hydrogen) atoms. The molecule has 2 aliphatic carbocycles. The van der Waals surface area contributed by atoms with Gasteiger partial charge >= 0.3 is 0 Å². The van der Waals surface area contributed by atoms with Crippen molar-refractivity contribution in [1.29, 1.82) is 0 Å². The number of hydrogen-bond donors (Lipinski definition) is 1. The average Bonchev–Trinajstić information content (AvgIpc) is 3.30. The van der Waals surface area contributed by atoms with E-state index < -0.39 is 0 Å². The fourth-order valence-electron chi connectivity index (χ4n) is 4.80. The van der Waals surface area contributed by atoms with Crippen molar-refractivity contribution in [1.82, 2.24) is 10.2 Å². The van der Waals surface area contributed by atoms with Crippen molar-refractivity contribution in [3.05, 3.63) is 0 Å². The lowest BCUT2D eigenvalue weighted by atomic mass is 9.69. The lowest BCUT2D eigenvalue weighted by Gasteiger charge is -2.45. The zero-order valence-electron chi connectivity index (χ0n) is 14.4. The van der Waals surface area contributed by atoms with Gasteiger partial charge in [0.15, 0.2) is 0 Å². The molecule has 1 aliphatic heterocycles. The average molecular weight is 293 g/mol. The summed E-state index contributed by atoms with van der Waals surface area (Å²) in [6.07, 6.45) is 13.0. The molecule has 2 atom stereocenters. The van der Waals surface area contributed by atoms with Crippen LogP contribution in [0.4, 0.5) is 0 Å². The zero-order chi connectivity index (χ0) is 14.7. The van der Waals surface area contributed by atoms with Crippen molar-refractivity contribution in [3.63, 3.8) is 0 Å². The molecule has 2 saturated carbocycles. The summed E-state index contributed by atoms with van der Waals surface area (Å²) in [7, 11) is 0. The first-order valence-corrected chi connectivity index (χ1v) is 9.65. The Morgan fingerprint density at radius 2 is 1.86 bits per heavy atom. The van der Waals surface area contributed by atoms with Crippen molar-refractivity contribution >= 4 is 0 Å². The van der Waals surface area contributed by atoms with Crippen molar-refractivity contribution in [2.45, 2.75) is 77.7 Å². The second-order valence-corrected chi connectivity index (χ2v) is 8.48. The molecule has 1 N–H and O–H groups in total. The molecular formula is C19H36N2. The molecule has 122 valence electrons. The van der Waals surface area contributed by atoms with Gasteiger partial charge in [0, 0.05) is 19.1 Å². The standard InChI is InChI=1S/C19H36N2/c1-3-17-8-11-21(12-9-17)15-19(14-20-18-6-7-18)10-4-5-16(2)13-19/h16-18,20H,3-15H2,1-2H3. The van der Waals surface area contributed by atoms with E-state index in [2.05, 4.69) is 24.1 Å². The van der Waals surface area contributed by atoms with Crippen molar-refractivity contribution in [2.75, 3.05) is 26.2 Å². The summed E-state index contributed by atoms with van der Waals surface area (Å²) < 4.78 is 0. The molecule has 0 aromatic carbocycles. The summed E-state index contributed by atoms with van der Waals surface area (Å²) in [4.78, 5) is 2.80. The van der Waals surface area contributed by atoms with E-state index in [0.717, 1.165) is 17.9 Å². The highest BCUT2D eigenvalue weighted by molar-refractivity contribution is 4.93. The largest absolute Gasteiger partial charge is 0.313 e. The van der Waals surface area contributed by atoms with Gasteiger partial charge in [-0.1, -0.05) is 33.1 Å². The third kappa shape index (κ3) is 4.45. The molecule has 0 aromatic heterocycles. The van der Waals surface area contributed by atoms with Crippen LogP contribution in [0.15, 0.2) is 0 Å². The predicted molar refractivity (Wildman–Crippen MR) is 90.5 cm³/mol. The van der Waals surface area contributed by atoms with Crippen LogP contribution in [0.2, 0.25) is 0 Å². The highest BCUT2D eigenvalue weighted by Crippen LogP contribution is 2.41. The van der Waals surface area contributed by atoms with Gasteiger partial charge in [0.25, 0.3) is 0 Å². The summed E-state index contributed by atoms with van der Waals surface area (Å²) in [5.41, 5.74) is 0.583. The van der Waals surface area contributed by atoms with Crippen LogP contribution in [0.5, 0.6) is 0 Å². The minimum Gasteiger partial charge on any atom is -0.313 e. The van der Waals surface area contributed by atoms with Gasteiger partial charge in [0.1, 0.15) is 0 Å². The summed E-state index contributed by atoms with van der Waals surface area (Å²) in [5, 5.41) is 3.87. The first-order valence-electron chi connectivity index (χ1n) is 9.65. The van der Waals surface area contributed by atoms with Gasteiger partial charge < -0.3 is 10.2 Å². The van der Waals surface area contributed by atoms with E-state index >= 15 is 0 Å². The fraction of sp³-hybridized carbons (Fsp3) is 1.00. The van der Waals surface area contributed by atoms with E-state index in [1.807, 2.05) is 0 Å². The van der Waals surface area contributed by atoms with Gasteiger partial charge in [-0.2, -0.15) is 0 Å². The Kier molecular flexibility index (Phi) is 5.27. The molecule has 3 rings (SSSR count). The monoisotopic (exact) mass is 292 g/mol. The van der Waals surface area contributed by atoms with Crippen molar-refractivity contribution in [3.8, 4) is 0 Å². The zero-order valence-corrected chi connectivity index (χ0v) is 14.4. The van der Waals surface area contributed by atoms with Gasteiger partial charge in [0.2, 0.25) is 0 Å². The van der Waals surface area contributed by atoms with Crippen molar-refractivity contribution < 1.29 is 0 Å². The number of nitrogens with one attached hydrogen (secondary N) is 1. The maximum atomic E-state index is 3.87. The third-order valence-corrected chi connectivity index (χ3v) is 6.37. The van der Waals surface area contributed by atoms with Gasteiger partial charge in [-0.25, -0.2) is 0 Å². The molecule has 1 heterocycles. The summed E-state index contributed by atoms with van der Waals surface area (Å²) in [5.74, 6) is 1.94. The minimum atomic E-state index is 0.583. The van der Waals surface area contributed by atoms with E-state index in [4.69, 9.17) is 0 Å². The minimum absolute atomic E-state index is 0.583. The first-order chi connectivity index (χ1) is 10.2. The number of likely N-dealkylation sites (tertiary alicyclic amines) is 1. The van der Waals surface area contributed by atoms with Crippen LogP contribution in [-0.4, -0.2) is 37.1 Å². The van der Waals surface area contributed by atoms with E-state index in [9.17, 15) is 0 Å². The van der Waals surface area contributed by atoms with E-state index in [1.165, 1.54) is 84.0 Å². The summed E-state index contributed by atoms with van der Waals surface area (Å²) in [6, 6.07) is 0.866. The van der Waals surface area contributed by atoms with Crippen LogP contribution in [0.1, 0.15) is 71.6 Å². The molecule has 0 spiro atoms. The molecule has 0 amide bonds. The quantitative estimate of drug-likeness (QED) is 0.794. The second kappa shape index (κ2) is 7.00. The molecule has 3 aliphatic rings. The molecule has 2 nitrogen and oxygen atoms in total. The Morgan fingerprint density at radius 1 is 1.10 bits per heavy atom. The number of nitrogens with zero attached hydrogens (tertiary/aromatic N) is 1. The molecule has 2 heteroatoms. The van der Waals surface area contributed by atoms with Crippen LogP contribution in [-0.2, 0) is 0 Å². The van der Waals surface area contributed by atoms with Crippen molar-refractivity contribution in [2.24, 2.45) is 17.3 Å². The lowest BCUT2D eigenvalue weighted by Crippen LogP contribution is -2.49. The topological polar surface area (TPSA) is 15.3 Å². The van der Waals surface area contributed by atoms with Crippen LogP contribution < -0.4 is 5.32 Å². The number of rotatable bonds is 6. The summed E-state index contributed by atoms with van der Waals surface area (Å²) >= 11 is 0. The Morgan fingerprint density at radius 3 is 2.48 bits per heavy atom. The molecule has 0 aromatic rings. The smallest absolute Gasteiger partial charge is 0.00684 e. The summed E-state index contributed by atoms with van der Waals surface area (Å²) in [6.45, 7) is 10.2. The van der Waals surface area contributed by atoms with Gasteiger partial charge in [-0.3, -0.25) is 0 Å². The number of hydrogen-bond acceptors (Lipinski definition) is 2. The van der Waals surface area contributed by atoms with Crippen LogP contribution in [0, 0.1) is 17.3 Å². The molecule has 0 bridgehead atoms. The lowest BCUT2D eigenvalue weighted by molar-refractivity contribution is 0.0604. The first kappa shape index (κ1) is 15.8. The van der Waals surface area contributed by atoms with Crippen LogP contribution >= 0.6 is 0 Å². The Bertz CT molecular complexity index is 318. The van der Waals surface area contributed by atoms with E-state index in [-0.39, 0.29) is 0 Å². The van der Waals surface area contributed by atoms with E-state index in [0.29, 0.717) is 5.41 Å². The highest BCUT2D eigenvalue weighted by Gasteiger charge is 2.38. The maximum Gasteiger partial charge on any atom is 0.00684 e. The molecular weight excluding hydrogens is 256 g/mol. The second-order valence-electron chi connectivity index (χ2n) is 8.48. The molecule has 2 unspecified atom stereocenters. The third-order valence-electron chi connectivity index (χ3n) is 6.37. The Hall–Kier alpha value is -0.0800. The fourth-order valence-corrected chi connectivity index (χ4v) is 4.80. The van der Waals surface area contributed by atoms with Gasteiger partial charge in [-0.05, 0) is 68.9 Å². The van der Waals surface area contributed by atoms with E-state index in [1.54, 1.807) is 0 Å². The molecule has 0 radical (unpaired) electrons. The SMILES string of the molecule is CCC1CCN(CC2(CNC3CC3)CCCC(C)C2)CC1. The van der Waals surface area contributed by atoms with Gasteiger partial charge in [-0.15, -0.1) is 0 Å². The van der Waals surface area contributed by atoms with Crippen LogP contribution in [0.25, 0.3) is 0 Å². The molecule has 1 saturated heterocycles.